The first-order chi connectivity index (χ1) is 14.2. The van der Waals surface area contributed by atoms with Crippen molar-refractivity contribution in [3.63, 3.8) is 0 Å². The van der Waals surface area contributed by atoms with Crippen LogP contribution in [-0.2, 0) is 9.47 Å². The van der Waals surface area contributed by atoms with Crippen LogP contribution in [0.4, 0.5) is 25.4 Å². The molecular weight excluding hydrogens is 393 g/mol. The monoisotopic (exact) mass is 415 g/mol. The smallest absolute Gasteiger partial charge is 0.411 e. The van der Waals surface area contributed by atoms with Crippen LogP contribution in [0.1, 0.15) is 27.7 Å². The highest BCUT2D eigenvalue weighted by molar-refractivity contribution is 5.86. The number of imidazole rings is 1. The minimum Gasteiger partial charge on any atom is -0.447 e. The summed E-state index contributed by atoms with van der Waals surface area (Å²) in [5.74, 6) is -0.204. The van der Waals surface area contributed by atoms with Gasteiger partial charge in [-0.25, -0.2) is 23.9 Å². The second-order valence-electron chi connectivity index (χ2n) is 7.03. The van der Waals surface area contributed by atoms with E-state index in [1.54, 1.807) is 44.5 Å². The van der Waals surface area contributed by atoms with E-state index in [2.05, 4.69) is 20.6 Å². The summed E-state index contributed by atoms with van der Waals surface area (Å²) in [4.78, 5) is 32.0. The van der Waals surface area contributed by atoms with Crippen molar-refractivity contribution in [3.05, 3.63) is 42.6 Å². The standard InChI is InChI=1S/C20H22FN5O4/c1-11(2)29-19(27)23-13-5-6-16(21)15(7-13)17-10-26-9-14(8-22-18(26)25-17)24-20(28)30-12(3)4/h5-12H,1-4H3,(H,23,27)(H,24,28). The number of hydrogen-bond acceptors (Lipinski definition) is 6. The highest BCUT2D eigenvalue weighted by Crippen LogP contribution is 2.26. The maximum Gasteiger partial charge on any atom is 0.411 e. The van der Waals surface area contributed by atoms with Gasteiger partial charge in [0.15, 0.2) is 0 Å². The Morgan fingerprint density at radius 3 is 2.27 bits per heavy atom. The van der Waals surface area contributed by atoms with Gasteiger partial charge in [-0.3, -0.25) is 15.0 Å². The predicted octanol–water partition coefficient (Wildman–Crippen LogP) is 4.45. The predicted molar refractivity (Wildman–Crippen MR) is 109 cm³/mol. The minimum absolute atomic E-state index is 0.177. The molecule has 0 atom stereocenters. The summed E-state index contributed by atoms with van der Waals surface area (Å²) in [5.41, 5.74) is 1.24. The number of aromatic nitrogens is 3. The van der Waals surface area contributed by atoms with Crippen LogP contribution >= 0.6 is 0 Å². The second-order valence-corrected chi connectivity index (χ2v) is 7.03. The fraction of sp³-hybridized carbons (Fsp3) is 0.300. The maximum absolute atomic E-state index is 14.4. The molecule has 9 nitrogen and oxygen atoms in total. The first-order valence-corrected chi connectivity index (χ1v) is 9.31. The molecule has 158 valence electrons. The number of carbonyl (C=O) groups excluding carboxylic acids is 2. The molecule has 2 aromatic heterocycles. The number of fused-ring (bicyclic) bond motifs is 1. The fourth-order valence-electron chi connectivity index (χ4n) is 2.60. The van der Waals surface area contributed by atoms with Crippen LogP contribution < -0.4 is 10.6 Å². The molecule has 0 saturated carbocycles. The minimum atomic E-state index is -0.636. The van der Waals surface area contributed by atoms with E-state index < -0.39 is 18.0 Å². The molecule has 30 heavy (non-hydrogen) atoms. The molecule has 2 heterocycles. The third-order valence-corrected chi connectivity index (χ3v) is 3.73. The number of nitrogens with one attached hydrogen (secondary N) is 2. The van der Waals surface area contributed by atoms with Gasteiger partial charge in [0.25, 0.3) is 0 Å². The molecular formula is C20H22FN5O4. The van der Waals surface area contributed by atoms with Crippen molar-refractivity contribution in [3.8, 4) is 11.3 Å². The molecule has 0 aliphatic rings. The number of rotatable bonds is 5. The van der Waals surface area contributed by atoms with Gasteiger partial charge in [0.2, 0.25) is 5.78 Å². The van der Waals surface area contributed by atoms with Crippen LogP contribution in [0.5, 0.6) is 0 Å². The van der Waals surface area contributed by atoms with Crippen LogP contribution in [0.15, 0.2) is 36.8 Å². The lowest BCUT2D eigenvalue weighted by molar-refractivity contribution is 0.129. The zero-order valence-electron chi connectivity index (χ0n) is 17.0. The Morgan fingerprint density at radius 1 is 1.00 bits per heavy atom. The molecule has 3 aromatic rings. The van der Waals surface area contributed by atoms with Crippen molar-refractivity contribution in [2.24, 2.45) is 0 Å². The van der Waals surface area contributed by atoms with Crippen LogP contribution in [0, 0.1) is 5.82 Å². The number of carbonyl (C=O) groups is 2. The van der Waals surface area contributed by atoms with Gasteiger partial charge in [0, 0.05) is 23.6 Å². The van der Waals surface area contributed by atoms with Gasteiger partial charge >= 0.3 is 12.2 Å². The molecule has 0 aliphatic carbocycles. The summed E-state index contributed by atoms with van der Waals surface area (Å²) < 4.78 is 26.0. The number of amides is 2. The van der Waals surface area contributed by atoms with Crippen LogP contribution in [-0.4, -0.2) is 38.8 Å². The molecule has 0 saturated heterocycles. The molecule has 10 heteroatoms. The van der Waals surface area contributed by atoms with Gasteiger partial charge in [0.05, 0.1) is 29.8 Å². The second kappa shape index (κ2) is 8.76. The number of benzene rings is 1. The lowest BCUT2D eigenvalue weighted by Crippen LogP contribution is -2.18. The Balaban J connectivity index is 1.85. The molecule has 0 spiro atoms. The molecule has 3 rings (SSSR count). The van der Waals surface area contributed by atoms with Gasteiger partial charge in [-0.2, -0.15) is 0 Å². The highest BCUT2D eigenvalue weighted by atomic mass is 19.1. The summed E-state index contributed by atoms with van der Waals surface area (Å²) in [6.07, 6.45) is 2.78. The topological polar surface area (TPSA) is 107 Å². The van der Waals surface area contributed by atoms with Crippen LogP contribution in [0.2, 0.25) is 0 Å². The largest absolute Gasteiger partial charge is 0.447 e. The SMILES string of the molecule is CC(C)OC(=O)Nc1ccc(F)c(-c2cn3cc(NC(=O)OC(C)C)cnc3n2)c1. The van der Waals surface area contributed by atoms with E-state index in [1.165, 1.54) is 24.4 Å². The van der Waals surface area contributed by atoms with E-state index in [-0.39, 0.29) is 17.8 Å². The average molecular weight is 415 g/mol. The number of halogens is 1. The summed E-state index contributed by atoms with van der Waals surface area (Å²) >= 11 is 0. The first-order valence-electron chi connectivity index (χ1n) is 9.31. The third-order valence-electron chi connectivity index (χ3n) is 3.73. The van der Waals surface area contributed by atoms with Crippen molar-refractivity contribution in [2.45, 2.75) is 39.9 Å². The Morgan fingerprint density at radius 2 is 1.63 bits per heavy atom. The molecule has 2 amide bonds. The lowest BCUT2D eigenvalue weighted by Gasteiger charge is -2.10. The summed E-state index contributed by atoms with van der Waals surface area (Å²) in [5, 5.41) is 5.12. The Kier molecular flexibility index (Phi) is 6.14. The van der Waals surface area contributed by atoms with E-state index in [0.29, 0.717) is 22.8 Å². The van der Waals surface area contributed by atoms with Gasteiger partial charge in [-0.05, 0) is 45.9 Å². The average Bonchev–Trinajstić information content (AvgIpc) is 3.05. The summed E-state index contributed by atoms with van der Waals surface area (Å²) in [6, 6.07) is 4.11. The maximum atomic E-state index is 14.4. The quantitative estimate of drug-likeness (QED) is 0.638. The molecule has 0 bridgehead atoms. The van der Waals surface area contributed by atoms with Crippen molar-refractivity contribution < 1.29 is 23.5 Å². The number of hydrogen-bond donors (Lipinski definition) is 2. The van der Waals surface area contributed by atoms with Gasteiger partial charge in [-0.1, -0.05) is 0 Å². The van der Waals surface area contributed by atoms with Gasteiger partial charge in [-0.15, -0.1) is 0 Å². The van der Waals surface area contributed by atoms with E-state index in [0.717, 1.165) is 0 Å². The molecule has 0 radical (unpaired) electrons. The zero-order chi connectivity index (χ0) is 21.8. The molecule has 2 N–H and O–H groups in total. The van der Waals surface area contributed by atoms with Crippen molar-refractivity contribution in [1.29, 1.82) is 0 Å². The zero-order valence-corrected chi connectivity index (χ0v) is 17.0. The van der Waals surface area contributed by atoms with Crippen LogP contribution in [0.25, 0.3) is 17.0 Å². The van der Waals surface area contributed by atoms with E-state index in [9.17, 15) is 14.0 Å². The number of anilines is 2. The first kappa shape index (κ1) is 21.0. The van der Waals surface area contributed by atoms with E-state index >= 15 is 0 Å². The molecule has 0 fully saturated rings. The number of nitrogens with zero attached hydrogens (tertiary/aromatic N) is 3. The highest BCUT2D eigenvalue weighted by Gasteiger charge is 2.14. The Hall–Kier alpha value is -3.69. The molecule has 0 aliphatic heterocycles. The van der Waals surface area contributed by atoms with Crippen molar-refractivity contribution in [1.82, 2.24) is 14.4 Å². The number of ether oxygens (including phenoxy) is 2. The fourth-order valence-corrected chi connectivity index (χ4v) is 2.60. The Bertz CT molecular complexity index is 1080. The molecule has 0 unspecified atom stereocenters. The normalized spacial score (nSPS) is 11.0. The Labute approximate surface area is 172 Å². The van der Waals surface area contributed by atoms with E-state index in [4.69, 9.17) is 9.47 Å². The van der Waals surface area contributed by atoms with Crippen LogP contribution in [0.3, 0.4) is 0 Å². The van der Waals surface area contributed by atoms with Gasteiger partial charge < -0.3 is 9.47 Å². The van der Waals surface area contributed by atoms with Gasteiger partial charge in [0.1, 0.15) is 5.82 Å². The summed E-state index contributed by atoms with van der Waals surface area (Å²) in [6.45, 7) is 6.93. The molecule has 1 aromatic carbocycles. The lowest BCUT2D eigenvalue weighted by atomic mass is 10.1. The van der Waals surface area contributed by atoms with Crippen molar-refractivity contribution in [2.75, 3.05) is 10.6 Å². The summed E-state index contributed by atoms with van der Waals surface area (Å²) in [7, 11) is 0. The van der Waals surface area contributed by atoms with Crippen molar-refractivity contribution >= 4 is 29.3 Å². The van der Waals surface area contributed by atoms with E-state index in [1.807, 2.05) is 0 Å². The third kappa shape index (κ3) is 5.22.